The number of halogens is 1. The van der Waals surface area contributed by atoms with Crippen molar-refractivity contribution in [2.45, 2.75) is 40.5 Å². The van der Waals surface area contributed by atoms with Crippen LogP contribution in [-0.4, -0.2) is 9.97 Å². The van der Waals surface area contributed by atoms with Crippen LogP contribution in [0, 0.1) is 19.8 Å². The van der Waals surface area contributed by atoms with E-state index in [1.807, 2.05) is 6.92 Å². The average molecular weight is 304 g/mol. The van der Waals surface area contributed by atoms with Crippen LogP contribution in [0.3, 0.4) is 0 Å². The first kappa shape index (κ1) is 15.8. The molecule has 0 aliphatic rings. The van der Waals surface area contributed by atoms with Crippen molar-refractivity contribution >= 4 is 17.5 Å². The second-order valence-corrected chi connectivity index (χ2v) is 6.25. The molecule has 2 rings (SSSR count). The van der Waals surface area contributed by atoms with Crippen molar-refractivity contribution in [3.8, 4) is 11.3 Å². The number of rotatable bonds is 4. The standard InChI is InChI=1S/C17H22ClN3/c1-10(2)8-9-13-7-5-6-11(3)14(13)15-12(4)16(18)21-17(19)20-15/h5-7,10H,8-9H2,1-4H3,(H2,19,20,21). The van der Waals surface area contributed by atoms with E-state index in [-0.39, 0.29) is 5.95 Å². The van der Waals surface area contributed by atoms with Crippen LogP contribution in [0.4, 0.5) is 5.95 Å². The van der Waals surface area contributed by atoms with Gasteiger partial charge in [-0.3, -0.25) is 0 Å². The van der Waals surface area contributed by atoms with Crippen molar-refractivity contribution in [3.05, 3.63) is 40.0 Å². The van der Waals surface area contributed by atoms with Gasteiger partial charge in [-0.2, -0.15) is 0 Å². The van der Waals surface area contributed by atoms with Gasteiger partial charge >= 0.3 is 0 Å². The Bertz CT molecular complexity index is 651. The first-order chi connectivity index (χ1) is 9.90. The normalized spacial score (nSPS) is 11.1. The summed E-state index contributed by atoms with van der Waals surface area (Å²) in [5.74, 6) is 0.886. The number of aromatic nitrogens is 2. The maximum Gasteiger partial charge on any atom is 0.222 e. The lowest BCUT2D eigenvalue weighted by Crippen LogP contribution is -2.04. The molecule has 21 heavy (non-hydrogen) atoms. The van der Waals surface area contributed by atoms with Gasteiger partial charge in [0.1, 0.15) is 5.15 Å². The van der Waals surface area contributed by atoms with Gasteiger partial charge in [-0.05, 0) is 43.7 Å². The fourth-order valence-electron chi connectivity index (χ4n) is 2.47. The van der Waals surface area contributed by atoms with Crippen LogP contribution in [0.2, 0.25) is 5.15 Å². The molecule has 1 heterocycles. The van der Waals surface area contributed by atoms with Gasteiger partial charge in [-0.25, -0.2) is 9.97 Å². The van der Waals surface area contributed by atoms with Crippen molar-refractivity contribution in [1.29, 1.82) is 0 Å². The summed E-state index contributed by atoms with van der Waals surface area (Å²) >= 11 is 6.17. The molecule has 0 aliphatic heterocycles. The van der Waals surface area contributed by atoms with E-state index in [0.717, 1.165) is 29.7 Å². The van der Waals surface area contributed by atoms with E-state index in [1.54, 1.807) is 0 Å². The second-order valence-electron chi connectivity index (χ2n) is 5.89. The van der Waals surface area contributed by atoms with Crippen LogP contribution < -0.4 is 5.73 Å². The van der Waals surface area contributed by atoms with Crippen LogP contribution >= 0.6 is 11.6 Å². The molecule has 0 amide bonds. The van der Waals surface area contributed by atoms with Crippen molar-refractivity contribution in [2.24, 2.45) is 5.92 Å². The monoisotopic (exact) mass is 303 g/mol. The number of anilines is 1. The SMILES string of the molecule is Cc1cccc(CCC(C)C)c1-c1nc(N)nc(Cl)c1C. The minimum Gasteiger partial charge on any atom is -0.368 e. The minimum absolute atomic E-state index is 0.221. The number of nitrogens with two attached hydrogens (primary N) is 1. The molecule has 0 spiro atoms. The highest BCUT2D eigenvalue weighted by atomic mass is 35.5. The third-order valence-corrected chi connectivity index (χ3v) is 4.06. The van der Waals surface area contributed by atoms with E-state index in [9.17, 15) is 0 Å². The van der Waals surface area contributed by atoms with Crippen LogP contribution in [0.15, 0.2) is 18.2 Å². The Kier molecular flexibility index (Phi) is 4.84. The highest BCUT2D eigenvalue weighted by Gasteiger charge is 2.15. The van der Waals surface area contributed by atoms with E-state index >= 15 is 0 Å². The molecule has 4 heteroatoms. The van der Waals surface area contributed by atoms with Gasteiger partial charge in [-0.1, -0.05) is 43.6 Å². The lowest BCUT2D eigenvalue weighted by molar-refractivity contribution is 0.587. The van der Waals surface area contributed by atoms with Crippen LogP contribution in [-0.2, 0) is 6.42 Å². The maximum absolute atomic E-state index is 6.17. The van der Waals surface area contributed by atoms with Gasteiger partial charge in [0.05, 0.1) is 5.69 Å². The molecular weight excluding hydrogens is 282 g/mol. The zero-order valence-corrected chi connectivity index (χ0v) is 13.8. The van der Waals surface area contributed by atoms with Crippen LogP contribution in [0.5, 0.6) is 0 Å². The van der Waals surface area contributed by atoms with E-state index in [4.69, 9.17) is 17.3 Å². The molecule has 0 saturated carbocycles. The maximum atomic E-state index is 6.17. The van der Waals surface area contributed by atoms with Crippen LogP contribution in [0.1, 0.15) is 37.0 Å². The summed E-state index contributed by atoms with van der Waals surface area (Å²) < 4.78 is 0. The zero-order valence-electron chi connectivity index (χ0n) is 13.1. The third kappa shape index (κ3) is 3.53. The summed E-state index contributed by atoms with van der Waals surface area (Å²) in [4.78, 5) is 8.46. The Labute approximate surface area is 131 Å². The number of benzene rings is 1. The third-order valence-electron chi connectivity index (χ3n) is 3.69. The smallest absolute Gasteiger partial charge is 0.222 e. The Morgan fingerprint density at radius 2 is 1.90 bits per heavy atom. The number of nitrogen functional groups attached to an aromatic ring is 1. The lowest BCUT2D eigenvalue weighted by atomic mass is 9.92. The van der Waals surface area contributed by atoms with Gasteiger partial charge < -0.3 is 5.73 Å². The fraction of sp³-hybridized carbons (Fsp3) is 0.412. The molecular formula is C17H22ClN3. The first-order valence-corrected chi connectivity index (χ1v) is 7.66. The molecule has 112 valence electrons. The summed E-state index contributed by atoms with van der Waals surface area (Å²) in [7, 11) is 0. The molecule has 0 radical (unpaired) electrons. The summed E-state index contributed by atoms with van der Waals surface area (Å²) in [5, 5.41) is 0.426. The van der Waals surface area contributed by atoms with Crippen molar-refractivity contribution in [1.82, 2.24) is 9.97 Å². The van der Waals surface area contributed by atoms with Gasteiger partial charge in [0.2, 0.25) is 5.95 Å². The van der Waals surface area contributed by atoms with Gasteiger partial charge in [-0.15, -0.1) is 0 Å². The molecule has 0 atom stereocenters. The van der Waals surface area contributed by atoms with E-state index in [1.165, 1.54) is 11.1 Å². The Hall–Kier alpha value is -1.61. The molecule has 0 bridgehead atoms. The summed E-state index contributed by atoms with van der Waals surface area (Å²) in [6, 6.07) is 6.35. The Morgan fingerprint density at radius 1 is 1.19 bits per heavy atom. The zero-order chi connectivity index (χ0) is 15.6. The summed E-state index contributed by atoms with van der Waals surface area (Å²) in [6.45, 7) is 8.51. The molecule has 2 aromatic rings. The topological polar surface area (TPSA) is 51.8 Å². The highest BCUT2D eigenvalue weighted by Crippen LogP contribution is 2.32. The number of hydrogen-bond donors (Lipinski definition) is 1. The quantitative estimate of drug-likeness (QED) is 0.841. The van der Waals surface area contributed by atoms with Gasteiger partial charge in [0, 0.05) is 11.1 Å². The fourth-order valence-corrected chi connectivity index (χ4v) is 2.64. The largest absolute Gasteiger partial charge is 0.368 e. The number of nitrogens with zero attached hydrogens (tertiary/aromatic N) is 2. The van der Waals surface area contributed by atoms with E-state index < -0.39 is 0 Å². The molecule has 0 saturated heterocycles. The van der Waals surface area contributed by atoms with Crippen molar-refractivity contribution in [3.63, 3.8) is 0 Å². The Balaban J connectivity index is 2.57. The molecule has 1 aromatic heterocycles. The summed E-state index contributed by atoms with van der Waals surface area (Å²) in [6.07, 6.45) is 2.17. The number of aryl methyl sites for hydroxylation is 2. The van der Waals surface area contributed by atoms with E-state index in [0.29, 0.717) is 11.1 Å². The van der Waals surface area contributed by atoms with Gasteiger partial charge in [0.25, 0.3) is 0 Å². The van der Waals surface area contributed by atoms with Crippen molar-refractivity contribution in [2.75, 3.05) is 5.73 Å². The first-order valence-electron chi connectivity index (χ1n) is 7.28. The van der Waals surface area contributed by atoms with Crippen molar-refractivity contribution < 1.29 is 0 Å². The summed E-state index contributed by atoms with van der Waals surface area (Å²) in [5.41, 5.74) is 11.1. The van der Waals surface area contributed by atoms with E-state index in [2.05, 4.69) is 48.9 Å². The molecule has 0 fully saturated rings. The molecule has 1 aromatic carbocycles. The molecule has 3 nitrogen and oxygen atoms in total. The Morgan fingerprint density at radius 3 is 2.57 bits per heavy atom. The lowest BCUT2D eigenvalue weighted by Gasteiger charge is -2.16. The average Bonchev–Trinajstić information content (AvgIpc) is 2.41. The second kappa shape index (κ2) is 6.44. The van der Waals surface area contributed by atoms with Gasteiger partial charge in [0.15, 0.2) is 0 Å². The predicted octanol–water partition coefficient (Wildman–Crippen LogP) is 4.58. The minimum atomic E-state index is 0.221. The molecule has 2 N–H and O–H groups in total. The molecule has 0 aliphatic carbocycles. The number of hydrogen-bond acceptors (Lipinski definition) is 3. The predicted molar refractivity (Wildman–Crippen MR) is 89.5 cm³/mol. The highest BCUT2D eigenvalue weighted by molar-refractivity contribution is 6.30. The van der Waals surface area contributed by atoms with Crippen LogP contribution in [0.25, 0.3) is 11.3 Å². The molecule has 0 unspecified atom stereocenters.